The van der Waals surface area contributed by atoms with Gasteiger partial charge in [-0.15, -0.1) is 0 Å². The smallest absolute Gasteiger partial charge is 0.338 e. The van der Waals surface area contributed by atoms with Crippen molar-refractivity contribution in [2.75, 3.05) is 6.61 Å². The molecule has 6 nitrogen and oxygen atoms in total. The van der Waals surface area contributed by atoms with Crippen LogP contribution in [-0.2, 0) is 9.47 Å². The number of hydrogen-bond donors (Lipinski definition) is 2. The van der Waals surface area contributed by atoms with Gasteiger partial charge in [0.15, 0.2) is 12.3 Å². The number of alkyl halides is 1. The number of hydrogen-bond acceptors (Lipinski definition) is 6. The second-order valence-electron chi connectivity index (χ2n) is 5.66. The standard InChI is InChI=1S/C19H16Cl2FNO5/c20-13-5-1-11(2-6-13)18(25)27-10-16(24)17(15(22)9-23)28-19(26)12-3-7-14(21)8-4-12/h1-9,15-17,23-24H,10H2/t15-,16-,17+/m1/s1. The minimum atomic E-state index is -2.10. The van der Waals surface area contributed by atoms with Crippen molar-refractivity contribution in [3.05, 3.63) is 69.7 Å². The summed E-state index contributed by atoms with van der Waals surface area (Å²) in [4.78, 5) is 24.1. The Morgan fingerprint density at radius 1 is 1.00 bits per heavy atom. The normalized spacial score (nSPS) is 13.9. The molecule has 0 saturated heterocycles. The highest BCUT2D eigenvalue weighted by molar-refractivity contribution is 6.30. The maximum Gasteiger partial charge on any atom is 0.338 e. The van der Waals surface area contributed by atoms with Crippen LogP contribution < -0.4 is 0 Å². The Morgan fingerprint density at radius 3 is 1.93 bits per heavy atom. The summed E-state index contributed by atoms with van der Waals surface area (Å²) in [7, 11) is 0. The van der Waals surface area contributed by atoms with E-state index in [0.29, 0.717) is 16.3 Å². The van der Waals surface area contributed by atoms with Gasteiger partial charge in [-0.1, -0.05) is 23.2 Å². The third kappa shape index (κ3) is 6.02. The van der Waals surface area contributed by atoms with E-state index < -0.39 is 36.9 Å². The first kappa shape index (κ1) is 21.8. The molecule has 0 saturated carbocycles. The maximum atomic E-state index is 14.0. The van der Waals surface area contributed by atoms with Gasteiger partial charge in [0.2, 0.25) is 0 Å². The number of aliphatic hydroxyl groups excluding tert-OH is 1. The zero-order valence-corrected chi connectivity index (χ0v) is 15.9. The van der Waals surface area contributed by atoms with Gasteiger partial charge >= 0.3 is 11.9 Å². The molecule has 0 amide bonds. The Labute approximate surface area is 170 Å². The van der Waals surface area contributed by atoms with E-state index in [4.69, 9.17) is 38.1 Å². The predicted octanol–water partition coefficient (Wildman–Crippen LogP) is 3.72. The third-order valence-corrected chi connectivity index (χ3v) is 4.14. The summed E-state index contributed by atoms with van der Waals surface area (Å²) in [5.74, 6) is -1.70. The number of carbonyl (C=O) groups is 2. The fourth-order valence-corrected chi connectivity index (χ4v) is 2.41. The Kier molecular flexibility index (Phi) is 7.92. The molecule has 3 atom stereocenters. The third-order valence-electron chi connectivity index (χ3n) is 3.64. The number of halogens is 3. The fraction of sp³-hybridized carbons (Fsp3) is 0.211. The number of carbonyl (C=O) groups excluding carboxylic acids is 2. The molecular formula is C19H16Cl2FNO5. The summed E-state index contributed by atoms with van der Waals surface area (Å²) in [6.07, 6.45) is -5.15. The zero-order chi connectivity index (χ0) is 20.7. The van der Waals surface area contributed by atoms with Crippen LogP contribution in [0.5, 0.6) is 0 Å². The lowest BCUT2D eigenvalue weighted by Gasteiger charge is -2.24. The molecule has 9 heteroatoms. The van der Waals surface area contributed by atoms with Crippen molar-refractivity contribution in [3.8, 4) is 0 Å². The Balaban J connectivity index is 2.01. The molecule has 0 bridgehead atoms. The van der Waals surface area contributed by atoms with Gasteiger partial charge in [-0.05, 0) is 48.5 Å². The van der Waals surface area contributed by atoms with E-state index in [2.05, 4.69) is 0 Å². The zero-order valence-electron chi connectivity index (χ0n) is 14.3. The van der Waals surface area contributed by atoms with Crippen LogP contribution in [0.3, 0.4) is 0 Å². The molecule has 2 aromatic rings. The summed E-state index contributed by atoms with van der Waals surface area (Å²) in [6.45, 7) is -0.645. The minimum Gasteiger partial charge on any atom is -0.459 e. The Morgan fingerprint density at radius 2 is 1.46 bits per heavy atom. The van der Waals surface area contributed by atoms with Gasteiger partial charge in [0, 0.05) is 16.3 Å². The van der Waals surface area contributed by atoms with E-state index in [1.165, 1.54) is 48.5 Å². The Hall–Kier alpha value is -2.48. The van der Waals surface area contributed by atoms with Gasteiger partial charge < -0.3 is 20.0 Å². The van der Waals surface area contributed by atoms with Crippen molar-refractivity contribution in [3.63, 3.8) is 0 Å². The summed E-state index contributed by atoms with van der Waals surface area (Å²) in [6, 6.07) is 11.4. The SMILES string of the molecule is N=C[C@@H](F)[C@H](OC(=O)c1ccc(Cl)cc1)[C@H](O)COC(=O)c1ccc(Cl)cc1. The van der Waals surface area contributed by atoms with E-state index in [0.717, 1.165) is 0 Å². The average molecular weight is 428 g/mol. The van der Waals surface area contributed by atoms with Crippen LogP contribution in [0.25, 0.3) is 0 Å². The molecule has 0 aromatic heterocycles. The van der Waals surface area contributed by atoms with E-state index >= 15 is 0 Å². The molecule has 0 aliphatic rings. The van der Waals surface area contributed by atoms with Crippen LogP contribution in [0.4, 0.5) is 4.39 Å². The number of esters is 2. The number of rotatable bonds is 8. The monoisotopic (exact) mass is 427 g/mol. The first-order valence-corrected chi connectivity index (χ1v) is 8.79. The highest BCUT2D eigenvalue weighted by Gasteiger charge is 2.32. The second kappa shape index (κ2) is 10.2. The van der Waals surface area contributed by atoms with E-state index in [1.807, 2.05) is 0 Å². The number of benzene rings is 2. The summed E-state index contributed by atoms with van der Waals surface area (Å²) in [5, 5.41) is 18.0. The highest BCUT2D eigenvalue weighted by Crippen LogP contribution is 2.16. The first-order valence-electron chi connectivity index (χ1n) is 8.03. The lowest BCUT2D eigenvalue weighted by atomic mass is 10.1. The molecule has 0 aliphatic carbocycles. The second-order valence-corrected chi connectivity index (χ2v) is 6.53. The molecule has 2 rings (SSSR count). The van der Waals surface area contributed by atoms with Gasteiger partial charge in [0.25, 0.3) is 0 Å². The van der Waals surface area contributed by atoms with Crippen molar-refractivity contribution < 1.29 is 28.6 Å². The molecule has 148 valence electrons. The molecule has 0 radical (unpaired) electrons. The minimum absolute atomic E-state index is 0.0805. The predicted molar refractivity (Wildman–Crippen MR) is 102 cm³/mol. The van der Waals surface area contributed by atoms with Crippen LogP contribution >= 0.6 is 23.2 Å². The van der Waals surface area contributed by atoms with Crippen molar-refractivity contribution in [1.82, 2.24) is 0 Å². The Bertz CT molecular complexity index is 829. The molecule has 0 spiro atoms. The molecule has 0 aliphatic heterocycles. The summed E-state index contributed by atoms with van der Waals surface area (Å²) >= 11 is 11.5. The van der Waals surface area contributed by atoms with Crippen LogP contribution in [0.15, 0.2) is 48.5 Å². The highest BCUT2D eigenvalue weighted by atomic mass is 35.5. The maximum absolute atomic E-state index is 14.0. The van der Waals surface area contributed by atoms with E-state index in [9.17, 15) is 19.1 Å². The fourth-order valence-electron chi connectivity index (χ4n) is 2.15. The average Bonchev–Trinajstić information content (AvgIpc) is 2.70. The quantitative estimate of drug-likeness (QED) is 0.494. The molecule has 0 heterocycles. The molecule has 2 aromatic carbocycles. The molecule has 0 fully saturated rings. The molecule has 28 heavy (non-hydrogen) atoms. The lowest BCUT2D eigenvalue weighted by molar-refractivity contribution is -0.0591. The van der Waals surface area contributed by atoms with Crippen LogP contribution in [0.2, 0.25) is 10.0 Å². The van der Waals surface area contributed by atoms with Crippen molar-refractivity contribution in [2.45, 2.75) is 18.4 Å². The largest absolute Gasteiger partial charge is 0.459 e. The topological polar surface area (TPSA) is 96.7 Å². The molecule has 0 unspecified atom stereocenters. The lowest BCUT2D eigenvalue weighted by Crippen LogP contribution is -2.42. The van der Waals surface area contributed by atoms with E-state index in [-0.39, 0.29) is 11.1 Å². The number of ether oxygens (including phenoxy) is 2. The summed E-state index contributed by atoms with van der Waals surface area (Å²) < 4.78 is 23.9. The van der Waals surface area contributed by atoms with E-state index in [1.54, 1.807) is 0 Å². The number of nitrogens with one attached hydrogen (secondary N) is 1. The van der Waals surface area contributed by atoms with Crippen LogP contribution in [-0.4, -0.2) is 48.2 Å². The summed E-state index contributed by atoms with van der Waals surface area (Å²) in [5.41, 5.74) is 0.257. The van der Waals surface area contributed by atoms with Gasteiger partial charge in [-0.3, -0.25) is 0 Å². The van der Waals surface area contributed by atoms with Crippen LogP contribution in [0.1, 0.15) is 20.7 Å². The number of aliphatic hydroxyl groups is 1. The van der Waals surface area contributed by atoms with Gasteiger partial charge in [-0.2, -0.15) is 0 Å². The molecule has 2 N–H and O–H groups in total. The van der Waals surface area contributed by atoms with Crippen molar-refractivity contribution in [2.24, 2.45) is 0 Å². The van der Waals surface area contributed by atoms with Gasteiger partial charge in [0.1, 0.15) is 12.7 Å². The van der Waals surface area contributed by atoms with Gasteiger partial charge in [0.05, 0.1) is 11.1 Å². The van der Waals surface area contributed by atoms with Gasteiger partial charge in [-0.25, -0.2) is 14.0 Å². The van der Waals surface area contributed by atoms with Crippen LogP contribution in [0, 0.1) is 5.41 Å². The van der Waals surface area contributed by atoms with Crippen molar-refractivity contribution in [1.29, 1.82) is 5.41 Å². The molecular weight excluding hydrogens is 412 g/mol. The van der Waals surface area contributed by atoms with Crippen molar-refractivity contribution >= 4 is 41.4 Å². The first-order chi connectivity index (χ1) is 13.3.